The standard InChI is InChI=1S/C5H6F2O2/c1-2-3(4(8)9)5(2,6)7/h2-3H,1H3,(H,8,9)/t2-,3-/m0/s1. The third kappa shape index (κ3) is 0.693. The Labute approximate surface area is 50.5 Å². The van der Waals surface area contributed by atoms with Crippen LogP contribution in [0.2, 0.25) is 0 Å². The quantitative estimate of drug-likeness (QED) is 0.583. The number of aliphatic carboxylic acids is 1. The Balaban J connectivity index is 2.62. The first kappa shape index (κ1) is 6.45. The molecule has 1 aliphatic rings. The Bertz CT molecular complexity index is 155. The molecule has 0 heterocycles. The van der Waals surface area contributed by atoms with E-state index in [1.807, 2.05) is 0 Å². The van der Waals surface area contributed by atoms with Gasteiger partial charge < -0.3 is 5.11 Å². The highest BCUT2D eigenvalue weighted by molar-refractivity contribution is 5.75. The number of rotatable bonds is 1. The SMILES string of the molecule is C[C@H]1[C@@H](C(=O)O)C1(F)F. The average molecular weight is 136 g/mol. The Morgan fingerprint density at radius 1 is 1.67 bits per heavy atom. The number of hydrogen-bond acceptors (Lipinski definition) is 1. The van der Waals surface area contributed by atoms with Crippen LogP contribution < -0.4 is 0 Å². The van der Waals surface area contributed by atoms with Crippen molar-refractivity contribution in [2.45, 2.75) is 12.8 Å². The van der Waals surface area contributed by atoms with Gasteiger partial charge in [0.25, 0.3) is 5.92 Å². The Morgan fingerprint density at radius 2 is 2.00 bits per heavy atom. The van der Waals surface area contributed by atoms with Crippen LogP contribution in [0.5, 0.6) is 0 Å². The molecule has 1 rings (SSSR count). The molecule has 0 unspecified atom stereocenters. The van der Waals surface area contributed by atoms with Crippen LogP contribution in [0, 0.1) is 11.8 Å². The van der Waals surface area contributed by atoms with E-state index in [0.717, 1.165) is 0 Å². The molecule has 0 aromatic heterocycles. The number of hydrogen-bond donors (Lipinski definition) is 1. The van der Waals surface area contributed by atoms with Gasteiger partial charge in [-0.05, 0) is 0 Å². The molecule has 4 heteroatoms. The van der Waals surface area contributed by atoms with Gasteiger partial charge in [0.15, 0.2) is 0 Å². The van der Waals surface area contributed by atoms with E-state index >= 15 is 0 Å². The summed E-state index contributed by atoms with van der Waals surface area (Å²) >= 11 is 0. The lowest BCUT2D eigenvalue weighted by atomic mass is 10.3. The van der Waals surface area contributed by atoms with Crippen LogP contribution in [0.25, 0.3) is 0 Å². The molecule has 1 saturated carbocycles. The third-order valence-corrected chi connectivity index (χ3v) is 1.68. The maximum Gasteiger partial charge on any atom is 0.313 e. The number of carboxylic acid groups (broad SMARTS) is 1. The van der Waals surface area contributed by atoms with Crippen molar-refractivity contribution in [2.24, 2.45) is 11.8 Å². The van der Waals surface area contributed by atoms with Gasteiger partial charge in [-0.25, -0.2) is 8.78 Å². The van der Waals surface area contributed by atoms with E-state index in [0.29, 0.717) is 0 Å². The van der Waals surface area contributed by atoms with Gasteiger partial charge in [-0.15, -0.1) is 0 Å². The molecule has 0 radical (unpaired) electrons. The van der Waals surface area contributed by atoms with E-state index in [-0.39, 0.29) is 0 Å². The zero-order chi connectivity index (χ0) is 7.23. The summed E-state index contributed by atoms with van der Waals surface area (Å²) in [4.78, 5) is 9.91. The summed E-state index contributed by atoms with van der Waals surface area (Å²) in [7, 11) is 0. The van der Waals surface area contributed by atoms with E-state index in [2.05, 4.69) is 0 Å². The van der Waals surface area contributed by atoms with Gasteiger partial charge in [-0.1, -0.05) is 6.92 Å². The molecule has 0 spiro atoms. The molecule has 1 fully saturated rings. The van der Waals surface area contributed by atoms with Crippen LogP contribution in [0.4, 0.5) is 8.78 Å². The highest BCUT2D eigenvalue weighted by Crippen LogP contribution is 2.54. The van der Waals surface area contributed by atoms with Gasteiger partial charge in [-0.2, -0.15) is 0 Å². The fourth-order valence-corrected chi connectivity index (χ4v) is 0.858. The lowest BCUT2D eigenvalue weighted by molar-refractivity contribution is -0.140. The van der Waals surface area contributed by atoms with Gasteiger partial charge >= 0.3 is 5.97 Å². The smallest absolute Gasteiger partial charge is 0.313 e. The topological polar surface area (TPSA) is 37.3 Å². The summed E-state index contributed by atoms with van der Waals surface area (Å²) in [5.74, 6) is -6.76. The zero-order valence-electron chi connectivity index (χ0n) is 4.77. The molecule has 0 aromatic carbocycles. The van der Waals surface area contributed by atoms with E-state index in [4.69, 9.17) is 5.11 Å². The fraction of sp³-hybridized carbons (Fsp3) is 0.800. The van der Waals surface area contributed by atoms with Crippen molar-refractivity contribution >= 4 is 5.97 Å². The zero-order valence-corrected chi connectivity index (χ0v) is 4.77. The van der Waals surface area contributed by atoms with E-state index in [1.165, 1.54) is 6.92 Å². The van der Waals surface area contributed by atoms with E-state index in [9.17, 15) is 13.6 Å². The molecule has 52 valence electrons. The summed E-state index contributed by atoms with van der Waals surface area (Å²) in [6.07, 6.45) is 0. The van der Waals surface area contributed by atoms with Crippen LogP contribution in [0.3, 0.4) is 0 Å². The predicted octanol–water partition coefficient (Wildman–Crippen LogP) is 0.972. The number of halogens is 2. The third-order valence-electron chi connectivity index (χ3n) is 1.68. The van der Waals surface area contributed by atoms with E-state index in [1.54, 1.807) is 0 Å². The first-order valence-electron chi connectivity index (χ1n) is 2.58. The molecular formula is C5H6F2O2. The van der Waals surface area contributed by atoms with Crippen LogP contribution in [-0.2, 0) is 4.79 Å². The normalized spacial score (nSPS) is 38.1. The highest BCUT2D eigenvalue weighted by atomic mass is 19.3. The Hall–Kier alpha value is -0.670. The highest BCUT2D eigenvalue weighted by Gasteiger charge is 2.69. The second-order valence-corrected chi connectivity index (χ2v) is 2.28. The molecule has 1 N–H and O–H groups in total. The average Bonchev–Trinajstić information content (AvgIpc) is 2.07. The van der Waals surface area contributed by atoms with Crippen LogP contribution >= 0.6 is 0 Å². The second kappa shape index (κ2) is 1.43. The summed E-state index contributed by atoms with van der Waals surface area (Å²) in [6.45, 7) is 1.23. The molecular weight excluding hydrogens is 130 g/mol. The van der Waals surface area contributed by atoms with Crippen LogP contribution in [0.1, 0.15) is 6.92 Å². The van der Waals surface area contributed by atoms with Gasteiger partial charge in [0, 0.05) is 5.92 Å². The molecule has 9 heavy (non-hydrogen) atoms. The number of alkyl halides is 2. The molecule has 2 atom stereocenters. The largest absolute Gasteiger partial charge is 0.481 e. The summed E-state index contributed by atoms with van der Waals surface area (Å²) in [5.41, 5.74) is 0. The van der Waals surface area contributed by atoms with Gasteiger partial charge in [-0.3, -0.25) is 4.79 Å². The molecule has 1 aliphatic carbocycles. The van der Waals surface area contributed by atoms with Crippen molar-refractivity contribution < 1.29 is 18.7 Å². The number of carbonyl (C=O) groups is 1. The molecule has 0 amide bonds. The molecule has 2 nitrogen and oxygen atoms in total. The fourth-order valence-electron chi connectivity index (χ4n) is 0.858. The minimum absolute atomic E-state index is 0.977. The van der Waals surface area contributed by atoms with Crippen molar-refractivity contribution in [3.63, 3.8) is 0 Å². The van der Waals surface area contributed by atoms with Crippen LogP contribution in [-0.4, -0.2) is 17.0 Å². The second-order valence-electron chi connectivity index (χ2n) is 2.28. The first-order chi connectivity index (χ1) is 3.98. The molecule has 0 bridgehead atoms. The Morgan fingerprint density at radius 3 is 2.00 bits per heavy atom. The van der Waals surface area contributed by atoms with E-state index < -0.39 is 23.7 Å². The van der Waals surface area contributed by atoms with Crippen molar-refractivity contribution in [2.75, 3.05) is 0 Å². The van der Waals surface area contributed by atoms with Crippen molar-refractivity contribution in [3.05, 3.63) is 0 Å². The lowest BCUT2D eigenvalue weighted by Gasteiger charge is -1.86. The lowest BCUT2D eigenvalue weighted by Crippen LogP contribution is -2.04. The van der Waals surface area contributed by atoms with Gasteiger partial charge in [0.1, 0.15) is 5.92 Å². The maximum atomic E-state index is 12.1. The minimum Gasteiger partial charge on any atom is -0.481 e. The Kier molecular flexibility index (Phi) is 1.03. The summed E-state index contributed by atoms with van der Waals surface area (Å²) in [5, 5.41) is 8.08. The summed E-state index contributed by atoms with van der Waals surface area (Å²) < 4.78 is 24.1. The van der Waals surface area contributed by atoms with Crippen molar-refractivity contribution in [1.82, 2.24) is 0 Å². The maximum absolute atomic E-state index is 12.1. The predicted molar refractivity (Wildman–Crippen MR) is 25.2 cm³/mol. The molecule has 0 aliphatic heterocycles. The summed E-state index contributed by atoms with van der Waals surface area (Å²) in [6, 6.07) is 0. The van der Waals surface area contributed by atoms with Crippen molar-refractivity contribution in [3.8, 4) is 0 Å². The van der Waals surface area contributed by atoms with Gasteiger partial charge in [0.2, 0.25) is 0 Å². The first-order valence-corrected chi connectivity index (χ1v) is 2.58. The van der Waals surface area contributed by atoms with Crippen LogP contribution in [0.15, 0.2) is 0 Å². The van der Waals surface area contributed by atoms with Crippen molar-refractivity contribution in [1.29, 1.82) is 0 Å². The minimum atomic E-state index is -2.95. The van der Waals surface area contributed by atoms with Gasteiger partial charge in [0.05, 0.1) is 0 Å². The molecule has 0 saturated heterocycles. The molecule has 0 aromatic rings. The monoisotopic (exact) mass is 136 g/mol. The number of carboxylic acids is 1.